The van der Waals surface area contributed by atoms with Crippen LogP contribution in [0.15, 0.2) is 0 Å². The second kappa shape index (κ2) is 15.8. The molecule has 0 saturated carbocycles. The molecule has 0 aliphatic heterocycles. The van der Waals surface area contributed by atoms with Gasteiger partial charge < -0.3 is 14.6 Å². The molecule has 1 N–H and O–H groups in total. The molecular weight excluding hydrogens is 429 g/mol. The summed E-state index contributed by atoms with van der Waals surface area (Å²) in [6, 6.07) is 1.56. The highest BCUT2D eigenvalue weighted by Gasteiger charge is 2.34. The summed E-state index contributed by atoms with van der Waals surface area (Å²) >= 11 is 1.20. The minimum absolute atomic E-state index is 0.00898. The molecule has 8 heteroatoms. The maximum atomic E-state index is 12.3. The molecular formula is C23H50N3O3PS. The summed E-state index contributed by atoms with van der Waals surface area (Å²) in [5.74, 6) is 0.344. The van der Waals surface area contributed by atoms with Crippen LogP contribution in [0.3, 0.4) is 0 Å². The molecule has 0 bridgehead atoms. The van der Waals surface area contributed by atoms with E-state index in [4.69, 9.17) is 9.26 Å². The maximum Gasteiger partial charge on any atom is 0.281 e. The zero-order valence-corrected chi connectivity index (χ0v) is 23.7. The Morgan fingerprint density at radius 3 is 1.61 bits per heavy atom. The van der Waals surface area contributed by atoms with Crippen LogP contribution in [0.2, 0.25) is 0 Å². The Hall–Kier alpha value is 0.0900. The first kappa shape index (κ1) is 31.1. The summed E-state index contributed by atoms with van der Waals surface area (Å²) in [6.07, 6.45) is 2.82. The van der Waals surface area contributed by atoms with Gasteiger partial charge in [-0.25, -0.2) is 9.34 Å². The minimum atomic E-state index is -0.904. The highest BCUT2D eigenvalue weighted by atomic mass is 32.2. The van der Waals surface area contributed by atoms with Gasteiger partial charge in [-0.1, -0.05) is 20.8 Å². The average Bonchev–Trinajstić information content (AvgIpc) is 2.67. The largest absolute Gasteiger partial charge is 0.368 e. The molecule has 0 atom stereocenters. The predicted octanol–water partition coefficient (Wildman–Crippen LogP) is 6.85. The van der Waals surface area contributed by atoms with Gasteiger partial charge in [0.1, 0.15) is 5.94 Å². The lowest BCUT2D eigenvalue weighted by Crippen LogP contribution is -2.45. The zero-order valence-electron chi connectivity index (χ0n) is 22.0. The van der Waals surface area contributed by atoms with Crippen molar-refractivity contribution < 1.29 is 14.1 Å². The van der Waals surface area contributed by atoms with Crippen molar-refractivity contribution in [1.82, 2.24) is 14.7 Å². The van der Waals surface area contributed by atoms with E-state index >= 15 is 0 Å². The van der Waals surface area contributed by atoms with E-state index in [0.717, 1.165) is 19.3 Å². The van der Waals surface area contributed by atoms with Gasteiger partial charge in [0, 0.05) is 29.7 Å². The highest BCUT2D eigenvalue weighted by molar-refractivity contribution is 8.13. The van der Waals surface area contributed by atoms with E-state index in [2.05, 4.69) is 90.8 Å². The number of carbonyl (C=O) groups is 1. The molecule has 0 radical (unpaired) electrons. The maximum absolute atomic E-state index is 12.3. The Balaban J connectivity index is 4.75. The number of rotatable bonds is 16. The van der Waals surface area contributed by atoms with Gasteiger partial charge in [-0.2, -0.15) is 0 Å². The lowest BCUT2D eigenvalue weighted by molar-refractivity contribution is 0.119. The smallest absolute Gasteiger partial charge is 0.281 e. The van der Waals surface area contributed by atoms with Gasteiger partial charge in [0.25, 0.3) is 5.24 Å². The molecule has 0 aliphatic rings. The van der Waals surface area contributed by atoms with E-state index in [9.17, 15) is 4.79 Å². The zero-order chi connectivity index (χ0) is 24.2. The Kier molecular flexibility index (Phi) is 15.9. The number of carbonyl (C=O) groups excluding carboxylic acids is 1. The molecule has 186 valence electrons. The molecule has 0 rings (SSSR count). The van der Waals surface area contributed by atoms with Crippen LogP contribution in [0.4, 0.5) is 4.79 Å². The van der Waals surface area contributed by atoms with Gasteiger partial charge in [0.15, 0.2) is 8.45 Å². The Morgan fingerprint density at radius 1 is 0.839 bits per heavy atom. The summed E-state index contributed by atoms with van der Waals surface area (Å²) in [4.78, 5) is 12.3. The van der Waals surface area contributed by atoms with Gasteiger partial charge in [0.2, 0.25) is 0 Å². The van der Waals surface area contributed by atoms with Crippen LogP contribution in [0.25, 0.3) is 0 Å². The monoisotopic (exact) mass is 479 g/mol. The normalized spacial score (nSPS) is 13.1. The summed E-state index contributed by atoms with van der Waals surface area (Å²) in [6.45, 7) is 25.2. The molecule has 1 amide bonds. The SMILES string of the molecule is CCC(CC)(CC)NC(=O)SCOCCOP(N(C(C)C)C(C)C)N(C(C)C)C(C)C. The lowest BCUT2D eigenvalue weighted by Gasteiger charge is -2.45. The first-order valence-electron chi connectivity index (χ1n) is 12.0. The van der Waals surface area contributed by atoms with Gasteiger partial charge in [-0.15, -0.1) is 0 Å². The fourth-order valence-electron chi connectivity index (χ4n) is 3.84. The first-order chi connectivity index (χ1) is 14.5. The van der Waals surface area contributed by atoms with E-state index in [1.165, 1.54) is 11.8 Å². The second-order valence-corrected chi connectivity index (χ2v) is 11.7. The van der Waals surface area contributed by atoms with Gasteiger partial charge in [0.05, 0.1) is 13.2 Å². The van der Waals surface area contributed by atoms with E-state index in [-0.39, 0.29) is 10.8 Å². The van der Waals surface area contributed by atoms with Crippen molar-refractivity contribution in [3.05, 3.63) is 0 Å². The quantitative estimate of drug-likeness (QED) is 0.148. The topological polar surface area (TPSA) is 54.0 Å². The fraction of sp³-hybridized carbons (Fsp3) is 0.957. The van der Waals surface area contributed by atoms with E-state index in [1.807, 2.05) is 0 Å². The standard InChI is InChI=1S/C23H50N3O3PS/c1-12-23(13-2,14-3)24-22(27)31-17-28-15-16-29-30(25(18(4)5)19(6)7)26(20(8)9)21(10)11/h18-21H,12-17H2,1-11H3,(H,24,27). The molecule has 0 fully saturated rings. The summed E-state index contributed by atoms with van der Waals surface area (Å²) in [7, 11) is -0.904. The number of thioether (sulfide) groups is 1. The highest BCUT2D eigenvalue weighted by Crippen LogP contribution is 2.50. The number of hydrogen-bond donors (Lipinski definition) is 1. The lowest BCUT2D eigenvalue weighted by atomic mass is 9.90. The summed E-state index contributed by atoms with van der Waals surface area (Å²) in [5, 5.41) is 3.16. The Morgan fingerprint density at radius 2 is 1.26 bits per heavy atom. The van der Waals surface area contributed by atoms with Gasteiger partial charge in [-0.3, -0.25) is 4.79 Å². The third-order valence-corrected chi connectivity index (χ3v) is 9.32. The minimum Gasteiger partial charge on any atom is -0.368 e. The van der Waals surface area contributed by atoms with E-state index in [0.29, 0.717) is 43.3 Å². The van der Waals surface area contributed by atoms with Crippen LogP contribution >= 0.6 is 20.2 Å². The fourth-order valence-corrected chi connectivity index (χ4v) is 6.76. The van der Waals surface area contributed by atoms with Crippen molar-refractivity contribution in [3.8, 4) is 0 Å². The van der Waals surface area contributed by atoms with Crippen LogP contribution in [-0.2, 0) is 9.26 Å². The van der Waals surface area contributed by atoms with Crippen molar-refractivity contribution >= 4 is 25.5 Å². The van der Waals surface area contributed by atoms with E-state index < -0.39 is 8.45 Å². The van der Waals surface area contributed by atoms with Crippen LogP contribution in [0.5, 0.6) is 0 Å². The molecule has 0 spiro atoms. The van der Waals surface area contributed by atoms with Crippen LogP contribution < -0.4 is 5.32 Å². The van der Waals surface area contributed by atoms with Crippen molar-refractivity contribution in [2.45, 2.75) is 125 Å². The summed E-state index contributed by atoms with van der Waals surface area (Å²) in [5.41, 5.74) is -0.0999. The molecule has 0 aliphatic carbocycles. The summed E-state index contributed by atoms with van der Waals surface area (Å²) < 4.78 is 17.1. The van der Waals surface area contributed by atoms with Crippen molar-refractivity contribution in [3.63, 3.8) is 0 Å². The number of nitrogens with zero attached hydrogens (tertiary/aromatic N) is 2. The molecule has 0 aromatic rings. The molecule has 0 heterocycles. The first-order valence-corrected chi connectivity index (χ1v) is 14.1. The number of hydrogen-bond acceptors (Lipinski definition) is 6. The second-order valence-electron chi connectivity index (χ2n) is 9.14. The number of ether oxygens (including phenoxy) is 1. The molecule has 0 unspecified atom stereocenters. The molecule has 0 aromatic heterocycles. The predicted molar refractivity (Wildman–Crippen MR) is 138 cm³/mol. The van der Waals surface area contributed by atoms with Crippen LogP contribution in [0, 0.1) is 0 Å². The Labute approximate surface area is 198 Å². The van der Waals surface area contributed by atoms with Crippen molar-refractivity contribution in [2.24, 2.45) is 0 Å². The molecule has 31 heavy (non-hydrogen) atoms. The third-order valence-electron chi connectivity index (χ3n) is 5.62. The van der Waals surface area contributed by atoms with Crippen LogP contribution in [-0.4, -0.2) is 63.4 Å². The van der Waals surface area contributed by atoms with Gasteiger partial charge in [-0.05, 0) is 86.4 Å². The molecule has 6 nitrogen and oxygen atoms in total. The van der Waals surface area contributed by atoms with Gasteiger partial charge >= 0.3 is 0 Å². The van der Waals surface area contributed by atoms with Crippen LogP contribution in [0.1, 0.15) is 95.4 Å². The van der Waals surface area contributed by atoms with E-state index in [1.54, 1.807) is 0 Å². The Bertz CT molecular complexity index is 444. The van der Waals surface area contributed by atoms with Crippen molar-refractivity contribution in [1.29, 1.82) is 0 Å². The molecule has 0 saturated heterocycles. The number of nitrogens with one attached hydrogen (secondary N) is 1. The molecule has 0 aromatic carbocycles. The third kappa shape index (κ3) is 10.7. The number of amides is 1. The average molecular weight is 480 g/mol. The van der Waals surface area contributed by atoms with Crippen molar-refractivity contribution in [2.75, 3.05) is 19.2 Å².